The number of rotatable bonds is 0. The van der Waals surface area contributed by atoms with Crippen LogP contribution in [0.25, 0.3) is 0 Å². The highest BCUT2D eigenvalue weighted by Crippen LogP contribution is 2.35. The van der Waals surface area contributed by atoms with Crippen LogP contribution < -0.4 is 10.6 Å². The molecular formula is C9H6ClN2O2. The molecule has 14 heavy (non-hydrogen) atoms. The van der Waals surface area contributed by atoms with E-state index in [1.807, 2.05) is 0 Å². The van der Waals surface area contributed by atoms with Gasteiger partial charge < -0.3 is 5.32 Å². The fourth-order valence-corrected chi connectivity index (χ4v) is 1.45. The molecule has 4 nitrogen and oxygen atoms in total. The minimum absolute atomic E-state index is 0.344. The zero-order valence-corrected chi connectivity index (χ0v) is 8.05. The molecule has 2 amide bonds. The van der Waals surface area contributed by atoms with Gasteiger partial charge in [-0.1, -0.05) is 17.7 Å². The number of aryl methyl sites for hydroxylation is 1. The average Bonchev–Trinajstić information content (AvgIpc) is 2.15. The molecule has 0 fully saturated rings. The summed E-state index contributed by atoms with van der Waals surface area (Å²) in [5.74, 6) is -1.53. The summed E-state index contributed by atoms with van der Waals surface area (Å²) in [6.07, 6.45) is 0. The van der Waals surface area contributed by atoms with Crippen molar-refractivity contribution in [2.45, 2.75) is 6.92 Å². The number of carbonyl (C=O) groups excluding carboxylic acids is 2. The van der Waals surface area contributed by atoms with Crippen molar-refractivity contribution in [3.63, 3.8) is 0 Å². The Balaban J connectivity index is 2.61. The molecule has 71 valence electrons. The molecule has 2 rings (SSSR count). The van der Waals surface area contributed by atoms with Crippen LogP contribution in [0.1, 0.15) is 5.56 Å². The van der Waals surface area contributed by atoms with Gasteiger partial charge in [0, 0.05) is 0 Å². The Morgan fingerprint density at radius 1 is 1.36 bits per heavy atom. The van der Waals surface area contributed by atoms with E-state index in [2.05, 4.69) is 10.6 Å². The van der Waals surface area contributed by atoms with E-state index in [-0.39, 0.29) is 0 Å². The number of halogens is 1. The molecule has 1 aromatic carbocycles. The highest BCUT2D eigenvalue weighted by atomic mass is 35.5. The lowest BCUT2D eigenvalue weighted by atomic mass is 10.1. The molecule has 0 aromatic heterocycles. The lowest BCUT2D eigenvalue weighted by Gasteiger charge is -2.18. The number of anilines is 1. The van der Waals surface area contributed by atoms with Crippen LogP contribution in [-0.4, -0.2) is 11.8 Å². The van der Waals surface area contributed by atoms with Gasteiger partial charge in [-0.3, -0.25) is 9.59 Å². The third kappa shape index (κ3) is 1.24. The number of carbonyl (C=O) groups is 2. The van der Waals surface area contributed by atoms with Gasteiger partial charge in [0.05, 0.1) is 10.7 Å². The van der Waals surface area contributed by atoms with Crippen LogP contribution in [0.5, 0.6) is 0 Å². The molecule has 1 aromatic rings. The van der Waals surface area contributed by atoms with Crippen LogP contribution in [0, 0.1) is 6.92 Å². The highest BCUT2D eigenvalue weighted by molar-refractivity contribution is 6.44. The summed E-state index contributed by atoms with van der Waals surface area (Å²) < 4.78 is 0. The van der Waals surface area contributed by atoms with E-state index in [9.17, 15) is 9.59 Å². The van der Waals surface area contributed by atoms with E-state index >= 15 is 0 Å². The standard InChI is InChI=1S/C9H6ClN2O2/c1-4-2-3-5(10)7-6(4)11-8(13)9(14)12-7/h2-3H,1H3,(H,11,13). The van der Waals surface area contributed by atoms with Crippen molar-refractivity contribution < 1.29 is 9.59 Å². The predicted molar refractivity (Wildman–Crippen MR) is 51.6 cm³/mol. The first kappa shape index (κ1) is 9.02. The molecule has 5 heteroatoms. The maximum Gasteiger partial charge on any atom is 0.335 e. The molecule has 1 heterocycles. The SMILES string of the molecule is Cc1ccc(Cl)c2c1NC(=O)C(=O)[N]2. The maximum absolute atomic E-state index is 11.0. The Morgan fingerprint density at radius 2 is 2.07 bits per heavy atom. The summed E-state index contributed by atoms with van der Waals surface area (Å²) in [5, 5.41) is 6.42. The molecule has 0 unspecified atom stereocenters. The van der Waals surface area contributed by atoms with Crippen LogP contribution in [0.4, 0.5) is 11.4 Å². The first-order valence-corrected chi connectivity index (χ1v) is 4.33. The van der Waals surface area contributed by atoms with Crippen molar-refractivity contribution in [3.8, 4) is 0 Å². The Hall–Kier alpha value is -1.55. The third-order valence-electron chi connectivity index (χ3n) is 1.98. The minimum Gasteiger partial charge on any atom is -0.315 e. The van der Waals surface area contributed by atoms with Gasteiger partial charge in [-0.05, 0) is 18.6 Å². The fourth-order valence-electron chi connectivity index (χ4n) is 1.25. The van der Waals surface area contributed by atoms with Gasteiger partial charge >= 0.3 is 11.8 Å². The molecule has 0 bridgehead atoms. The number of nitrogens with one attached hydrogen (secondary N) is 1. The lowest BCUT2D eigenvalue weighted by molar-refractivity contribution is -0.135. The maximum atomic E-state index is 11.0. The van der Waals surface area contributed by atoms with Crippen molar-refractivity contribution in [2.75, 3.05) is 5.32 Å². The molecular weight excluding hydrogens is 204 g/mol. The van der Waals surface area contributed by atoms with Crippen molar-refractivity contribution in [2.24, 2.45) is 0 Å². The van der Waals surface area contributed by atoms with Crippen LogP contribution in [0.15, 0.2) is 12.1 Å². The molecule has 1 aliphatic heterocycles. The largest absolute Gasteiger partial charge is 0.335 e. The summed E-state index contributed by atoms with van der Waals surface area (Å²) in [6.45, 7) is 1.81. The van der Waals surface area contributed by atoms with E-state index in [4.69, 9.17) is 11.6 Å². The molecule has 0 spiro atoms. The van der Waals surface area contributed by atoms with E-state index in [0.717, 1.165) is 5.56 Å². The normalized spacial score (nSPS) is 14.4. The van der Waals surface area contributed by atoms with E-state index in [1.165, 1.54) is 0 Å². The topological polar surface area (TPSA) is 60.3 Å². The first-order chi connectivity index (χ1) is 6.59. The van der Waals surface area contributed by atoms with Crippen molar-refractivity contribution in [1.29, 1.82) is 0 Å². The number of amides is 2. The van der Waals surface area contributed by atoms with Gasteiger partial charge in [-0.2, -0.15) is 0 Å². The smallest absolute Gasteiger partial charge is 0.315 e. The zero-order valence-electron chi connectivity index (χ0n) is 7.30. The Kier molecular flexibility index (Phi) is 1.93. The van der Waals surface area contributed by atoms with E-state index in [0.29, 0.717) is 16.4 Å². The lowest BCUT2D eigenvalue weighted by Crippen LogP contribution is -2.33. The Morgan fingerprint density at radius 3 is 2.79 bits per heavy atom. The number of benzene rings is 1. The van der Waals surface area contributed by atoms with E-state index in [1.54, 1.807) is 19.1 Å². The van der Waals surface area contributed by atoms with Crippen LogP contribution >= 0.6 is 11.6 Å². The molecule has 0 aliphatic carbocycles. The van der Waals surface area contributed by atoms with Gasteiger partial charge in [0.15, 0.2) is 0 Å². The minimum atomic E-state index is -0.815. The molecule has 1 N–H and O–H groups in total. The van der Waals surface area contributed by atoms with Crippen LogP contribution in [0.2, 0.25) is 5.02 Å². The summed E-state index contributed by atoms with van der Waals surface area (Å²) in [7, 11) is 0. The van der Waals surface area contributed by atoms with Crippen molar-refractivity contribution in [3.05, 3.63) is 22.7 Å². The number of hydrogen-bond acceptors (Lipinski definition) is 2. The molecule has 0 atom stereocenters. The van der Waals surface area contributed by atoms with E-state index < -0.39 is 11.8 Å². The molecule has 1 radical (unpaired) electrons. The second-order valence-corrected chi connectivity index (χ2v) is 3.37. The average molecular weight is 210 g/mol. The number of fused-ring (bicyclic) bond motifs is 1. The third-order valence-corrected chi connectivity index (χ3v) is 2.29. The first-order valence-electron chi connectivity index (χ1n) is 3.96. The van der Waals surface area contributed by atoms with Gasteiger partial charge in [0.2, 0.25) is 0 Å². The van der Waals surface area contributed by atoms with Crippen molar-refractivity contribution >= 4 is 34.8 Å². The predicted octanol–water partition coefficient (Wildman–Crippen LogP) is 1.36. The quantitative estimate of drug-likeness (QED) is 0.656. The summed E-state index contributed by atoms with van der Waals surface area (Å²) in [4.78, 5) is 22.0. The molecule has 0 saturated heterocycles. The monoisotopic (exact) mass is 209 g/mol. The fraction of sp³-hybridized carbons (Fsp3) is 0.111. The number of hydrogen-bond donors (Lipinski definition) is 1. The van der Waals surface area contributed by atoms with Gasteiger partial charge in [-0.25, -0.2) is 5.32 Å². The molecule has 0 saturated carbocycles. The van der Waals surface area contributed by atoms with Crippen LogP contribution in [0.3, 0.4) is 0 Å². The van der Waals surface area contributed by atoms with Gasteiger partial charge in [-0.15, -0.1) is 0 Å². The van der Waals surface area contributed by atoms with Gasteiger partial charge in [0.25, 0.3) is 0 Å². The second-order valence-electron chi connectivity index (χ2n) is 2.96. The zero-order chi connectivity index (χ0) is 10.3. The van der Waals surface area contributed by atoms with Gasteiger partial charge in [0.1, 0.15) is 5.69 Å². The molecule has 1 aliphatic rings. The highest BCUT2D eigenvalue weighted by Gasteiger charge is 2.27. The second kappa shape index (κ2) is 2.99. The Labute approximate surface area is 85.2 Å². The van der Waals surface area contributed by atoms with Crippen LogP contribution in [-0.2, 0) is 9.59 Å². The van der Waals surface area contributed by atoms with Crippen molar-refractivity contribution in [1.82, 2.24) is 5.32 Å². The Bertz CT molecular complexity index is 402. The summed E-state index contributed by atoms with van der Waals surface area (Å²) in [5.41, 5.74) is 1.69. The number of nitrogens with zero attached hydrogens (tertiary/aromatic N) is 1. The summed E-state index contributed by atoms with van der Waals surface area (Å²) >= 11 is 5.83. The summed E-state index contributed by atoms with van der Waals surface area (Å²) in [6, 6.07) is 3.40.